The number of nitrogens with zero attached hydrogens (tertiary/aromatic N) is 2. The van der Waals surface area contributed by atoms with Crippen LogP contribution in [0.1, 0.15) is 52.8 Å². The van der Waals surface area contributed by atoms with Crippen LogP contribution in [0.5, 0.6) is 0 Å². The number of hydrogen-bond acceptors (Lipinski definition) is 5. The molecule has 0 aromatic heterocycles. The molecule has 5 amide bonds. The molecule has 0 spiro atoms. The number of carbonyl (C=O) groups excluding carboxylic acids is 5. The second-order valence-electron chi connectivity index (χ2n) is 8.67. The molecule has 8 heteroatoms. The lowest BCUT2D eigenvalue weighted by Gasteiger charge is -2.19. The van der Waals surface area contributed by atoms with Gasteiger partial charge in [0.2, 0.25) is 17.7 Å². The summed E-state index contributed by atoms with van der Waals surface area (Å²) in [5.41, 5.74) is 1.46. The van der Waals surface area contributed by atoms with Gasteiger partial charge in [-0.1, -0.05) is 31.0 Å². The average molecular weight is 445 g/mol. The Kier molecular flexibility index (Phi) is 5.28. The Morgan fingerprint density at radius 3 is 2.06 bits per heavy atom. The van der Waals surface area contributed by atoms with E-state index in [-0.39, 0.29) is 42.5 Å². The van der Waals surface area contributed by atoms with E-state index in [2.05, 4.69) is 5.32 Å². The number of anilines is 2. The number of likely N-dealkylation sites (tertiary alicyclic amines) is 1. The van der Waals surface area contributed by atoms with Crippen molar-refractivity contribution >= 4 is 40.9 Å². The SMILES string of the molecule is O=C(CCN1C(=O)C2CCCCC2C1=O)Nc1cccc(N2C(=O)c3ccccc3C2=O)c1. The molecule has 2 heterocycles. The first-order chi connectivity index (χ1) is 16.0. The van der Waals surface area contributed by atoms with Crippen LogP contribution in [-0.4, -0.2) is 41.0 Å². The molecule has 2 aromatic carbocycles. The zero-order chi connectivity index (χ0) is 23.1. The van der Waals surface area contributed by atoms with Crippen LogP contribution in [0, 0.1) is 11.8 Å². The molecule has 3 aliphatic rings. The number of nitrogens with one attached hydrogen (secondary N) is 1. The summed E-state index contributed by atoms with van der Waals surface area (Å²) in [6, 6.07) is 13.1. The lowest BCUT2D eigenvalue weighted by atomic mass is 9.81. The van der Waals surface area contributed by atoms with E-state index < -0.39 is 11.8 Å². The fourth-order valence-electron chi connectivity index (χ4n) is 5.03. The zero-order valence-corrected chi connectivity index (χ0v) is 18.0. The van der Waals surface area contributed by atoms with Crippen molar-refractivity contribution in [3.63, 3.8) is 0 Å². The first-order valence-electron chi connectivity index (χ1n) is 11.2. The van der Waals surface area contributed by atoms with Crippen LogP contribution in [0.15, 0.2) is 48.5 Å². The Balaban J connectivity index is 1.24. The number of carbonyl (C=O) groups is 5. The lowest BCUT2D eigenvalue weighted by Crippen LogP contribution is -2.34. The van der Waals surface area contributed by atoms with Crippen molar-refractivity contribution in [3.05, 3.63) is 59.7 Å². The van der Waals surface area contributed by atoms with Crippen molar-refractivity contribution in [1.82, 2.24) is 4.90 Å². The number of hydrogen-bond donors (Lipinski definition) is 1. The molecule has 1 saturated carbocycles. The van der Waals surface area contributed by atoms with Crippen molar-refractivity contribution in [2.45, 2.75) is 32.1 Å². The topological polar surface area (TPSA) is 104 Å². The van der Waals surface area contributed by atoms with Gasteiger partial charge >= 0.3 is 0 Å². The highest BCUT2D eigenvalue weighted by Crippen LogP contribution is 2.38. The molecule has 5 rings (SSSR count). The molecule has 8 nitrogen and oxygen atoms in total. The maximum atomic E-state index is 12.7. The van der Waals surface area contributed by atoms with Gasteiger partial charge in [0.1, 0.15) is 0 Å². The van der Waals surface area contributed by atoms with Crippen LogP contribution in [0.25, 0.3) is 0 Å². The Hall–Kier alpha value is -3.81. The molecule has 1 aliphatic carbocycles. The molecule has 2 unspecified atom stereocenters. The predicted molar refractivity (Wildman–Crippen MR) is 119 cm³/mol. The Morgan fingerprint density at radius 1 is 0.848 bits per heavy atom. The third-order valence-electron chi connectivity index (χ3n) is 6.68. The van der Waals surface area contributed by atoms with Gasteiger partial charge in [-0.25, -0.2) is 4.90 Å². The van der Waals surface area contributed by atoms with E-state index in [4.69, 9.17) is 0 Å². The minimum Gasteiger partial charge on any atom is -0.326 e. The number of imide groups is 2. The standard InChI is InChI=1S/C25H23N3O5/c29-21(12-13-27-22(30)17-8-1-2-9-18(17)23(27)31)26-15-6-5-7-16(14-15)28-24(32)19-10-3-4-11-20(19)25(28)33/h3-7,10-11,14,17-18H,1-2,8-9,12-13H2,(H,26,29). The van der Waals surface area contributed by atoms with Gasteiger partial charge in [0.25, 0.3) is 11.8 Å². The van der Waals surface area contributed by atoms with Gasteiger partial charge in [0.15, 0.2) is 0 Å². The van der Waals surface area contributed by atoms with E-state index in [0.29, 0.717) is 22.5 Å². The van der Waals surface area contributed by atoms with E-state index in [0.717, 1.165) is 30.6 Å². The normalized spacial score (nSPS) is 21.9. The highest BCUT2D eigenvalue weighted by atomic mass is 16.2. The third-order valence-corrected chi connectivity index (χ3v) is 6.68. The van der Waals surface area contributed by atoms with Crippen LogP contribution in [0.3, 0.4) is 0 Å². The summed E-state index contributed by atoms with van der Waals surface area (Å²) < 4.78 is 0. The van der Waals surface area contributed by atoms with Gasteiger partial charge in [-0.2, -0.15) is 0 Å². The first kappa shape index (κ1) is 21.1. The van der Waals surface area contributed by atoms with E-state index in [1.807, 2.05) is 0 Å². The first-order valence-corrected chi connectivity index (χ1v) is 11.2. The predicted octanol–water partition coefficient (Wildman–Crippen LogP) is 2.99. The van der Waals surface area contributed by atoms with Crippen molar-refractivity contribution in [2.24, 2.45) is 11.8 Å². The summed E-state index contributed by atoms with van der Waals surface area (Å²) in [5.74, 6) is -1.96. The van der Waals surface area contributed by atoms with Crippen LogP contribution >= 0.6 is 0 Å². The number of amides is 5. The molecule has 1 N–H and O–H groups in total. The monoisotopic (exact) mass is 445 g/mol. The molecular formula is C25H23N3O5. The summed E-state index contributed by atoms with van der Waals surface area (Å²) in [7, 11) is 0. The minimum atomic E-state index is -0.411. The van der Waals surface area contributed by atoms with Crippen LogP contribution < -0.4 is 10.2 Å². The quantitative estimate of drug-likeness (QED) is 0.713. The Labute approximate surface area is 190 Å². The molecular weight excluding hydrogens is 422 g/mol. The molecule has 1 saturated heterocycles. The van der Waals surface area contributed by atoms with E-state index in [1.165, 1.54) is 4.90 Å². The molecule has 33 heavy (non-hydrogen) atoms. The van der Waals surface area contributed by atoms with Crippen molar-refractivity contribution in [3.8, 4) is 0 Å². The van der Waals surface area contributed by atoms with Crippen molar-refractivity contribution < 1.29 is 24.0 Å². The van der Waals surface area contributed by atoms with Gasteiger partial charge in [-0.15, -0.1) is 0 Å². The third kappa shape index (κ3) is 3.61. The summed E-state index contributed by atoms with van der Waals surface area (Å²) >= 11 is 0. The fourth-order valence-corrected chi connectivity index (χ4v) is 5.03. The smallest absolute Gasteiger partial charge is 0.266 e. The molecule has 2 aromatic rings. The average Bonchev–Trinajstić information content (AvgIpc) is 3.23. The number of rotatable bonds is 5. The summed E-state index contributed by atoms with van der Waals surface area (Å²) in [6.45, 7) is 0.0502. The maximum absolute atomic E-state index is 12.7. The second-order valence-corrected chi connectivity index (χ2v) is 8.67. The van der Waals surface area contributed by atoms with E-state index in [9.17, 15) is 24.0 Å². The van der Waals surface area contributed by atoms with Crippen molar-refractivity contribution in [2.75, 3.05) is 16.8 Å². The van der Waals surface area contributed by atoms with Gasteiger partial charge in [0, 0.05) is 18.7 Å². The zero-order valence-electron chi connectivity index (χ0n) is 18.0. The van der Waals surface area contributed by atoms with E-state index >= 15 is 0 Å². The maximum Gasteiger partial charge on any atom is 0.266 e. The Bertz CT molecular complexity index is 1130. The fraction of sp³-hybridized carbons (Fsp3) is 0.320. The lowest BCUT2D eigenvalue weighted by molar-refractivity contribution is -0.140. The van der Waals surface area contributed by atoms with Gasteiger partial charge in [-0.05, 0) is 43.2 Å². The van der Waals surface area contributed by atoms with Crippen LogP contribution in [-0.2, 0) is 14.4 Å². The molecule has 2 atom stereocenters. The molecule has 168 valence electrons. The highest BCUT2D eigenvalue weighted by Gasteiger charge is 2.47. The molecule has 0 bridgehead atoms. The van der Waals surface area contributed by atoms with Crippen LogP contribution in [0.2, 0.25) is 0 Å². The minimum absolute atomic E-state index is 0.0197. The summed E-state index contributed by atoms with van der Waals surface area (Å²) in [4.78, 5) is 65.4. The Morgan fingerprint density at radius 2 is 1.45 bits per heavy atom. The molecule has 2 aliphatic heterocycles. The largest absolute Gasteiger partial charge is 0.326 e. The number of benzene rings is 2. The van der Waals surface area contributed by atoms with Crippen molar-refractivity contribution in [1.29, 1.82) is 0 Å². The highest BCUT2D eigenvalue weighted by molar-refractivity contribution is 6.34. The summed E-state index contributed by atoms with van der Waals surface area (Å²) in [5, 5.41) is 2.74. The summed E-state index contributed by atoms with van der Waals surface area (Å²) in [6.07, 6.45) is 3.37. The molecule has 0 radical (unpaired) electrons. The van der Waals surface area contributed by atoms with Gasteiger partial charge < -0.3 is 5.32 Å². The van der Waals surface area contributed by atoms with Crippen LogP contribution in [0.4, 0.5) is 11.4 Å². The van der Waals surface area contributed by atoms with E-state index in [1.54, 1.807) is 48.5 Å². The van der Waals surface area contributed by atoms with Gasteiger partial charge in [-0.3, -0.25) is 28.9 Å². The number of fused-ring (bicyclic) bond motifs is 2. The second kappa shape index (κ2) is 8.27. The molecule has 2 fully saturated rings. The van der Waals surface area contributed by atoms with Gasteiger partial charge in [0.05, 0.1) is 28.7 Å².